The first-order valence-corrected chi connectivity index (χ1v) is 10.6. The standard InChI is InChI=1S/C20H22N4O2S2/c1-4-14-6-7-15(28-14)10-21-19(25)16-9-17(23-11-22-16)20(26)24-13(3)18-8-5-12(2)27-18/h5-9,11,13H,4,10H2,1-3H3,(H,21,25)(H,24,26)/t13-/m0/s1. The molecule has 0 aliphatic rings. The molecule has 0 saturated carbocycles. The molecule has 0 spiro atoms. The number of rotatable bonds is 7. The first-order chi connectivity index (χ1) is 13.5. The first-order valence-electron chi connectivity index (χ1n) is 9.01. The highest BCUT2D eigenvalue weighted by Gasteiger charge is 2.16. The smallest absolute Gasteiger partial charge is 0.270 e. The minimum absolute atomic E-state index is 0.134. The molecule has 6 nitrogen and oxygen atoms in total. The van der Waals surface area contributed by atoms with E-state index in [2.05, 4.69) is 33.6 Å². The Balaban J connectivity index is 1.62. The van der Waals surface area contributed by atoms with Crippen molar-refractivity contribution < 1.29 is 9.59 Å². The van der Waals surface area contributed by atoms with Gasteiger partial charge in [-0.3, -0.25) is 9.59 Å². The third-order valence-electron chi connectivity index (χ3n) is 4.16. The summed E-state index contributed by atoms with van der Waals surface area (Å²) in [4.78, 5) is 37.5. The summed E-state index contributed by atoms with van der Waals surface area (Å²) in [7, 11) is 0. The molecular weight excluding hydrogens is 392 g/mol. The van der Waals surface area contributed by atoms with Crippen LogP contribution in [0.1, 0.15) is 60.4 Å². The van der Waals surface area contributed by atoms with E-state index in [-0.39, 0.29) is 29.2 Å². The number of nitrogens with zero attached hydrogens (tertiary/aromatic N) is 2. The highest BCUT2D eigenvalue weighted by molar-refractivity contribution is 7.12. The van der Waals surface area contributed by atoms with E-state index in [0.717, 1.165) is 16.2 Å². The van der Waals surface area contributed by atoms with E-state index < -0.39 is 0 Å². The lowest BCUT2D eigenvalue weighted by atomic mass is 10.2. The van der Waals surface area contributed by atoms with Crippen molar-refractivity contribution in [1.82, 2.24) is 20.6 Å². The predicted molar refractivity (Wildman–Crippen MR) is 112 cm³/mol. The molecule has 0 fully saturated rings. The summed E-state index contributed by atoms with van der Waals surface area (Å²) in [5, 5.41) is 5.75. The van der Waals surface area contributed by atoms with Crippen LogP contribution in [0.5, 0.6) is 0 Å². The summed E-state index contributed by atoms with van der Waals surface area (Å²) in [5.41, 5.74) is 0.344. The van der Waals surface area contributed by atoms with Gasteiger partial charge in [0, 0.05) is 25.6 Å². The third kappa shape index (κ3) is 5.02. The largest absolute Gasteiger partial charge is 0.346 e. The van der Waals surface area contributed by atoms with Gasteiger partial charge in [0.05, 0.1) is 12.6 Å². The average Bonchev–Trinajstić information content (AvgIpc) is 3.35. The minimum atomic E-state index is -0.333. The fourth-order valence-corrected chi connectivity index (χ4v) is 4.38. The van der Waals surface area contributed by atoms with Crippen molar-refractivity contribution >= 4 is 34.5 Å². The van der Waals surface area contributed by atoms with Crippen molar-refractivity contribution in [2.45, 2.75) is 39.8 Å². The predicted octanol–water partition coefficient (Wildman–Crippen LogP) is 3.89. The lowest BCUT2D eigenvalue weighted by Crippen LogP contribution is -2.28. The zero-order valence-corrected chi connectivity index (χ0v) is 17.6. The zero-order chi connectivity index (χ0) is 20.1. The van der Waals surface area contributed by atoms with Crippen LogP contribution in [-0.2, 0) is 13.0 Å². The van der Waals surface area contributed by atoms with Crippen LogP contribution in [0.3, 0.4) is 0 Å². The van der Waals surface area contributed by atoms with Crippen molar-refractivity contribution in [3.05, 3.63) is 67.6 Å². The summed E-state index contributed by atoms with van der Waals surface area (Å²) in [6.07, 6.45) is 2.22. The van der Waals surface area contributed by atoms with Crippen molar-refractivity contribution in [3.63, 3.8) is 0 Å². The molecule has 0 radical (unpaired) electrons. The van der Waals surface area contributed by atoms with E-state index in [1.807, 2.05) is 32.0 Å². The van der Waals surface area contributed by atoms with E-state index in [9.17, 15) is 9.59 Å². The molecule has 0 saturated heterocycles. The molecule has 1 atom stereocenters. The van der Waals surface area contributed by atoms with Gasteiger partial charge < -0.3 is 10.6 Å². The monoisotopic (exact) mass is 414 g/mol. The molecule has 0 unspecified atom stereocenters. The van der Waals surface area contributed by atoms with Gasteiger partial charge in [0.2, 0.25) is 0 Å². The molecule has 3 aromatic heterocycles. The average molecular weight is 415 g/mol. The van der Waals surface area contributed by atoms with Gasteiger partial charge in [0.25, 0.3) is 11.8 Å². The number of nitrogens with one attached hydrogen (secondary N) is 2. The van der Waals surface area contributed by atoms with Crippen LogP contribution in [0.15, 0.2) is 36.7 Å². The van der Waals surface area contributed by atoms with Crippen LogP contribution in [0, 0.1) is 6.92 Å². The molecule has 0 aliphatic carbocycles. The summed E-state index contributed by atoms with van der Waals surface area (Å²) < 4.78 is 0. The Morgan fingerprint density at radius 1 is 1.04 bits per heavy atom. The molecule has 2 amide bonds. The van der Waals surface area contributed by atoms with Gasteiger partial charge in [-0.2, -0.15) is 0 Å². The van der Waals surface area contributed by atoms with E-state index in [4.69, 9.17) is 0 Å². The Kier molecular flexibility index (Phi) is 6.53. The highest BCUT2D eigenvalue weighted by Crippen LogP contribution is 2.22. The summed E-state index contributed by atoms with van der Waals surface area (Å²) >= 11 is 3.31. The molecule has 0 aliphatic heterocycles. The molecule has 3 rings (SSSR count). The molecule has 8 heteroatoms. The molecule has 28 heavy (non-hydrogen) atoms. The maximum absolute atomic E-state index is 12.5. The number of carbonyl (C=O) groups excluding carboxylic acids is 2. The zero-order valence-electron chi connectivity index (χ0n) is 16.0. The first kappa shape index (κ1) is 20.2. The maximum Gasteiger partial charge on any atom is 0.270 e. The van der Waals surface area contributed by atoms with Crippen LogP contribution < -0.4 is 10.6 Å². The minimum Gasteiger partial charge on any atom is -0.346 e. The second-order valence-corrected chi connectivity index (χ2v) is 8.91. The van der Waals surface area contributed by atoms with Crippen LogP contribution in [-0.4, -0.2) is 21.8 Å². The molecule has 0 bridgehead atoms. The quantitative estimate of drug-likeness (QED) is 0.614. The van der Waals surface area contributed by atoms with Crippen LogP contribution in [0.4, 0.5) is 0 Å². The van der Waals surface area contributed by atoms with Crippen molar-refractivity contribution in [3.8, 4) is 0 Å². The van der Waals surface area contributed by atoms with Gasteiger partial charge >= 0.3 is 0 Å². The van der Waals surface area contributed by atoms with Crippen LogP contribution >= 0.6 is 22.7 Å². The van der Waals surface area contributed by atoms with Gasteiger partial charge in [-0.1, -0.05) is 6.92 Å². The Hall–Kier alpha value is -2.58. The van der Waals surface area contributed by atoms with E-state index in [1.54, 1.807) is 22.7 Å². The van der Waals surface area contributed by atoms with E-state index in [0.29, 0.717) is 6.54 Å². The van der Waals surface area contributed by atoms with Crippen LogP contribution in [0.2, 0.25) is 0 Å². The van der Waals surface area contributed by atoms with Crippen molar-refractivity contribution in [2.24, 2.45) is 0 Å². The summed E-state index contributed by atoms with van der Waals surface area (Å²) in [6.45, 7) is 6.48. The lowest BCUT2D eigenvalue weighted by molar-refractivity contribution is 0.0935. The van der Waals surface area contributed by atoms with Crippen LogP contribution in [0.25, 0.3) is 0 Å². The maximum atomic E-state index is 12.5. The fourth-order valence-electron chi connectivity index (χ4n) is 2.60. The molecule has 146 valence electrons. The third-order valence-corrected chi connectivity index (χ3v) is 6.57. The lowest BCUT2D eigenvalue weighted by Gasteiger charge is -2.12. The van der Waals surface area contributed by atoms with E-state index in [1.165, 1.54) is 22.1 Å². The Morgan fingerprint density at radius 3 is 2.39 bits per heavy atom. The summed E-state index contributed by atoms with van der Waals surface area (Å²) in [5.74, 6) is -0.661. The number of aryl methyl sites for hydroxylation is 2. The summed E-state index contributed by atoms with van der Waals surface area (Å²) in [6, 6.07) is 9.38. The number of carbonyl (C=O) groups is 2. The SMILES string of the molecule is CCc1ccc(CNC(=O)c2cc(C(=O)N[C@@H](C)c3ccc(C)s3)ncn2)s1. The van der Waals surface area contributed by atoms with Gasteiger partial charge in [-0.05, 0) is 44.5 Å². The second kappa shape index (κ2) is 9.07. The number of hydrogen-bond acceptors (Lipinski definition) is 6. The molecule has 2 N–H and O–H groups in total. The van der Waals surface area contributed by atoms with Crippen molar-refractivity contribution in [1.29, 1.82) is 0 Å². The molecule has 3 heterocycles. The Labute approximate surface area is 172 Å². The highest BCUT2D eigenvalue weighted by atomic mass is 32.1. The number of amides is 2. The number of thiophene rings is 2. The number of hydrogen-bond donors (Lipinski definition) is 2. The molecular formula is C20H22N4O2S2. The van der Waals surface area contributed by atoms with E-state index >= 15 is 0 Å². The van der Waals surface area contributed by atoms with Gasteiger partial charge in [0.1, 0.15) is 17.7 Å². The topological polar surface area (TPSA) is 84.0 Å². The Morgan fingerprint density at radius 2 is 1.75 bits per heavy atom. The second-order valence-electron chi connectivity index (χ2n) is 6.34. The Bertz CT molecular complexity index is 980. The fraction of sp³-hybridized carbons (Fsp3) is 0.300. The van der Waals surface area contributed by atoms with Gasteiger partial charge in [-0.15, -0.1) is 22.7 Å². The van der Waals surface area contributed by atoms with Gasteiger partial charge in [-0.25, -0.2) is 9.97 Å². The normalized spacial score (nSPS) is 11.8. The van der Waals surface area contributed by atoms with Crippen molar-refractivity contribution in [2.75, 3.05) is 0 Å². The number of aromatic nitrogens is 2. The molecule has 3 aromatic rings. The van der Waals surface area contributed by atoms with Gasteiger partial charge in [0.15, 0.2) is 0 Å². The molecule has 0 aromatic carbocycles.